The number of aliphatic hydroxyl groups excluding tert-OH is 1. The molecule has 0 aliphatic carbocycles. The Kier molecular flexibility index (Phi) is 5.98. The molecule has 4 heterocycles. The van der Waals surface area contributed by atoms with Gasteiger partial charge in [-0.1, -0.05) is 25.2 Å². The number of rotatable bonds is 7. The molecule has 0 bridgehead atoms. The number of ether oxygens (including phenoxy) is 1. The molecule has 0 atom stereocenters. The van der Waals surface area contributed by atoms with Crippen molar-refractivity contribution in [1.82, 2.24) is 24.9 Å². The first kappa shape index (κ1) is 20.1. The minimum absolute atomic E-state index is 0.184. The van der Waals surface area contributed by atoms with Gasteiger partial charge in [0.2, 0.25) is 16.0 Å². The van der Waals surface area contributed by atoms with Crippen molar-refractivity contribution in [2.45, 2.75) is 38.6 Å². The van der Waals surface area contributed by atoms with E-state index in [1.165, 1.54) is 0 Å². The fourth-order valence-electron chi connectivity index (χ4n) is 3.66. The third kappa shape index (κ3) is 4.08. The monoisotopic (exact) mass is 416 g/mol. The summed E-state index contributed by atoms with van der Waals surface area (Å²) in [7, 11) is 1.65. The van der Waals surface area contributed by atoms with Gasteiger partial charge >= 0.3 is 0 Å². The summed E-state index contributed by atoms with van der Waals surface area (Å²) in [5.41, 5.74) is 2.79. The summed E-state index contributed by atoms with van der Waals surface area (Å²) in [6, 6.07) is 4.55. The third-order valence-corrected chi connectivity index (χ3v) is 6.31. The van der Waals surface area contributed by atoms with Gasteiger partial charge in [0.15, 0.2) is 0 Å². The summed E-state index contributed by atoms with van der Waals surface area (Å²) in [6.07, 6.45) is 3.93. The number of aliphatic hydroxyl groups is 1. The van der Waals surface area contributed by atoms with E-state index in [-0.39, 0.29) is 6.61 Å². The molecule has 0 saturated carbocycles. The maximum absolute atomic E-state index is 8.98. The van der Waals surface area contributed by atoms with E-state index in [0.29, 0.717) is 24.4 Å². The first-order valence-corrected chi connectivity index (χ1v) is 10.9. The molecule has 1 fully saturated rings. The quantitative estimate of drug-likeness (QED) is 0.612. The van der Waals surface area contributed by atoms with Gasteiger partial charge in [-0.2, -0.15) is 0 Å². The predicted molar refractivity (Wildman–Crippen MR) is 115 cm³/mol. The lowest BCUT2D eigenvalue weighted by Gasteiger charge is -2.31. The van der Waals surface area contributed by atoms with Crippen molar-refractivity contribution in [3.63, 3.8) is 0 Å². The van der Waals surface area contributed by atoms with E-state index in [2.05, 4.69) is 34.0 Å². The lowest BCUT2D eigenvalue weighted by atomic mass is 10.1. The van der Waals surface area contributed by atoms with Crippen molar-refractivity contribution < 1.29 is 9.84 Å². The van der Waals surface area contributed by atoms with Crippen LogP contribution in [0.3, 0.4) is 0 Å². The van der Waals surface area contributed by atoms with E-state index in [9.17, 15) is 0 Å². The number of pyridine rings is 1. The number of nitrogens with one attached hydrogen (secondary N) is 1. The molecular formula is C20H28N6O2S. The number of fused-ring (bicyclic) bond motifs is 1. The summed E-state index contributed by atoms with van der Waals surface area (Å²) in [5.74, 6) is 0.937. The molecule has 0 spiro atoms. The highest BCUT2D eigenvalue weighted by molar-refractivity contribution is 7.20. The average molecular weight is 417 g/mol. The van der Waals surface area contributed by atoms with Crippen LogP contribution >= 0.6 is 11.3 Å². The maximum atomic E-state index is 8.98. The van der Waals surface area contributed by atoms with Gasteiger partial charge in [-0.05, 0) is 30.9 Å². The molecule has 1 saturated heterocycles. The first-order chi connectivity index (χ1) is 14.1. The SMILES string of the molecule is COc1nc(C(C)C)ccc1-c1cnc2sc(N3CCC(NCCO)CC3)nn12. The van der Waals surface area contributed by atoms with Crippen LogP contribution in [0, 0.1) is 0 Å². The van der Waals surface area contributed by atoms with Gasteiger partial charge in [0.1, 0.15) is 0 Å². The minimum atomic E-state index is 0.184. The molecule has 3 aromatic rings. The molecule has 29 heavy (non-hydrogen) atoms. The average Bonchev–Trinajstić information content (AvgIpc) is 3.33. The van der Waals surface area contributed by atoms with E-state index in [1.807, 2.05) is 22.8 Å². The van der Waals surface area contributed by atoms with E-state index < -0.39 is 0 Å². The Balaban J connectivity index is 1.57. The van der Waals surface area contributed by atoms with Crippen molar-refractivity contribution in [3.8, 4) is 17.1 Å². The second-order valence-electron chi connectivity index (χ2n) is 7.61. The van der Waals surface area contributed by atoms with Crippen LogP contribution in [0.4, 0.5) is 5.13 Å². The second kappa shape index (κ2) is 8.64. The normalized spacial score (nSPS) is 15.6. The number of aromatic nitrogens is 4. The highest BCUT2D eigenvalue weighted by Crippen LogP contribution is 2.33. The van der Waals surface area contributed by atoms with Crippen molar-refractivity contribution in [3.05, 3.63) is 24.0 Å². The molecule has 9 heteroatoms. The van der Waals surface area contributed by atoms with E-state index in [1.54, 1.807) is 18.4 Å². The van der Waals surface area contributed by atoms with Crippen molar-refractivity contribution in [1.29, 1.82) is 0 Å². The summed E-state index contributed by atoms with van der Waals surface area (Å²) in [4.78, 5) is 12.4. The van der Waals surface area contributed by atoms with Crippen LogP contribution in [-0.4, -0.2) is 64.1 Å². The zero-order chi connectivity index (χ0) is 20.4. The molecular weight excluding hydrogens is 388 g/mol. The highest BCUT2D eigenvalue weighted by Gasteiger charge is 2.23. The standard InChI is InChI=1S/C20H28N6O2S/c1-13(2)16-5-4-15(18(23-16)28-3)17-12-22-19-26(17)24-20(29-19)25-9-6-14(7-10-25)21-8-11-27/h4-5,12-14,21,27H,6-11H2,1-3H3. The molecule has 1 aliphatic rings. The fraction of sp³-hybridized carbons (Fsp3) is 0.550. The van der Waals surface area contributed by atoms with Crippen LogP contribution in [0.15, 0.2) is 18.3 Å². The molecule has 0 unspecified atom stereocenters. The Morgan fingerprint density at radius 2 is 2.10 bits per heavy atom. The summed E-state index contributed by atoms with van der Waals surface area (Å²) >= 11 is 1.60. The van der Waals surface area contributed by atoms with E-state index in [0.717, 1.165) is 53.0 Å². The van der Waals surface area contributed by atoms with Gasteiger partial charge in [0.25, 0.3) is 0 Å². The zero-order valence-corrected chi connectivity index (χ0v) is 17.9. The molecule has 2 N–H and O–H groups in total. The number of piperidine rings is 1. The van der Waals surface area contributed by atoms with Crippen LogP contribution in [-0.2, 0) is 0 Å². The first-order valence-electron chi connectivity index (χ1n) is 10.1. The molecule has 156 valence electrons. The van der Waals surface area contributed by atoms with Crippen LogP contribution < -0.4 is 15.0 Å². The van der Waals surface area contributed by atoms with Gasteiger partial charge in [-0.15, -0.1) is 5.10 Å². The largest absolute Gasteiger partial charge is 0.480 e. The van der Waals surface area contributed by atoms with Gasteiger partial charge in [-0.25, -0.2) is 14.5 Å². The number of methoxy groups -OCH3 is 1. The second-order valence-corrected chi connectivity index (χ2v) is 8.54. The highest BCUT2D eigenvalue weighted by atomic mass is 32.1. The predicted octanol–water partition coefficient (Wildman–Crippen LogP) is 2.54. The van der Waals surface area contributed by atoms with Crippen molar-refractivity contribution in [2.75, 3.05) is 38.3 Å². The third-order valence-electron chi connectivity index (χ3n) is 5.33. The fourth-order valence-corrected chi connectivity index (χ4v) is 4.59. The van der Waals surface area contributed by atoms with Gasteiger partial charge in [-0.3, -0.25) is 0 Å². The number of imidazole rings is 1. The molecule has 3 aromatic heterocycles. The molecule has 0 aromatic carbocycles. The summed E-state index contributed by atoms with van der Waals surface area (Å²) in [5, 5.41) is 18.2. The Bertz CT molecular complexity index is 961. The molecule has 8 nitrogen and oxygen atoms in total. The summed E-state index contributed by atoms with van der Waals surface area (Å²) in [6.45, 7) is 6.97. The van der Waals surface area contributed by atoms with E-state index in [4.69, 9.17) is 14.9 Å². The lowest BCUT2D eigenvalue weighted by molar-refractivity contribution is 0.277. The van der Waals surface area contributed by atoms with Gasteiger partial charge < -0.3 is 20.1 Å². The molecule has 4 rings (SSSR count). The van der Waals surface area contributed by atoms with Crippen LogP contribution in [0.1, 0.15) is 38.3 Å². The molecule has 0 amide bonds. The Morgan fingerprint density at radius 3 is 2.79 bits per heavy atom. The van der Waals surface area contributed by atoms with Gasteiger partial charge in [0.05, 0.1) is 31.2 Å². The summed E-state index contributed by atoms with van der Waals surface area (Å²) < 4.78 is 7.46. The molecule has 0 radical (unpaired) electrons. The minimum Gasteiger partial charge on any atom is -0.480 e. The number of hydrogen-bond donors (Lipinski definition) is 2. The maximum Gasteiger partial charge on any atom is 0.222 e. The topological polar surface area (TPSA) is 87.8 Å². The Morgan fingerprint density at radius 1 is 1.31 bits per heavy atom. The number of hydrogen-bond acceptors (Lipinski definition) is 8. The van der Waals surface area contributed by atoms with Gasteiger partial charge in [0, 0.05) is 31.4 Å². The zero-order valence-electron chi connectivity index (χ0n) is 17.1. The lowest BCUT2D eigenvalue weighted by Crippen LogP contribution is -2.43. The number of anilines is 1. The Labute approximate surface area is 174 Å². The number of nitrogens with zero attached hydrogens (tertiary/aromatic N) is 5. The molecule has 1 aliphatic heterocycles. The van der Waals surface area contributed by atoms with Crippen molar-refractivity contribution >= 4 is 21.4 Å². The van der Waals surface area contributed by atoms with Crippen LogP contribution in [0.25, 0.3) is 16.2 Å². The smallest absolute Gasteiger partial charge is 0.222 e. The van der Waals surface area contributed by atoms with Crippen LogP contribution in [0.5, 0.6) is 5.88 Å². The Hall–Kier alpha value is -2.23. The van der Waals surface area contributed by atoms with Crippen molar-refractivity contribution in [2.24, 2.45) is 0 Å². The van der Waals surface area contributed by atoms with E-state index >= 15 is 0 Å². The van der Waals surface area contributed by atoms with Crippen LogP contribution in [0.2, 0.25) is 0 Å².